The van der Waals surface area contributed by atoms with Crippen LogP contribution in [0.4, 0.5) is 18.9 Å². The first-order chi connectivity index (χ1) is 13.4. The number of halogens is 3. The van der Waals surface area contributed by atoms with Gasteiger partial charge in [-0.3, -0.25) is 4.90 Å². The number of allylic oxidation sites excluding steroid dienone is 1. The van der Waals surface area contributed by atoms with Crippen LogP contribution >= 0.6 is 12.2 Å². The summed E-state index contributed by atoms with van der Waals surface area (Å²) in [4.78, 5) is 14.1. The number of nitrogens with one attached hydrogen (secondary N) is 1. The van der Waals surface area contributed by atoms with Crippen molar-refractivity contribution in [3.63, 3.8) is 0 Å². The lowest BCUT2D eigenvalue weighted by Crippen LogP contribution is -2.49. The lowest BCUT2D eigenvalue weighted by Gasteiger charge is -2.38. The van der Waals surface area contributed by atoms with Gasteiger partial charge in [-0.2, -0.15) is 0 Å². The van der Waals surface area contributed by atoms with Gasteiger partial charge in [-0.1, -0.05) is 13.0 Å². The van der Waals surface area contributed by atoms with Gasteiger partial charge >= 0.3 is 5.97 Å². The van der Waals surface area contributed by atoms with Crippen molar-refractivity contribution in [3.8, 4) is 0 Å². The first kappa shape index (κ1) is 19.9. The van der Waals surface area contributed by atoms with E-state index in [2.05, 4.69) is 5.32 Å². The second-order valence-electron chi connectivity index (χ2n) is 6.04. The SMILES string of the molecule is CCC1=C(C(=O)OC)[C@@H](c2c(F)cccc2F)NC(=S)N1c1ccc(F)cc1. The monoisotopic (exact) mass is 406 g/mol. The summed E-state index contributed by atoms with van der Waals surface area (Å²) in [7, 11) is 1.19. The molecule has 4 nitrogen and oxygen atoms in total. The molecule has 28 heavy (non-hydrogen) atoms. The third kappa shape index (κ3) is 3.47. The zero-order valence-corrected chi connectivity index (χ0v) is 15.9. The minimum absolute atomic E-state index is 0.0342. The van der Waals surface area contributed by atoms with Gasteiger partial charge in [0.2, 0.25) is 0 Å². The van der Waals surface area contributed by atoms with Crippen LogP contribution in [0.2, 0.25) is 0 Å². The van der Waals surface area contributed by atoms with Gasteiger partial charge in [0, 0.05) is 11.4 Å². The number of thiocarbonyl (C=S) groups is 1. The van der Waals surface area contributed by atoms with Gasteiger partial charge in [-0.15, -0.1) is 0 Å². The van der Waals surface area contributed by atoms with Crippen LogP contribution in [0.1, 0.15) is 24.9 Å². The minimum Gasteiger partial charge on any atom is -0.466 e. The molecular weight excluding hydrogens is 389 g/mol. The van der Waals surface area contributed by atoms with E-state index < -0.39 is 29.5 Å². The molecule has 0 bridgehead atoms. The molecular formula is C20H17F3N2O2S. The number of carbonyl (C=O) groups excluding carboxylic acids is 1. The molecule has 3 rings (SSSR count). The quantitative estimate of drug-likeness (QED) is 0.603. The lowest BCUT2D eigenvalue weighted by atomic mass is 9.92. The maximum Gasteiger partial charge on any atom is 0.338 e. The Kier molecular flexibility index (Phi) is 5.69. The number of rotatable bonds is 4. The topological polar surface area (TPSA) is 41.6 Å². The number of benzene rings is 2. The van der Waals surface area contributed by atoms with Crippen LogP contribution in [-0.2, 0) is 9.53 Å². The van der Waals surface area contributed by atoms with Crippen molar-refractivity contribution < 1.29 is 22.7 Å². The van der Waals surface area contributed by atoms with E-state index in [0.717, 1.165) is 12.1 Å². The van der Waals surface area contributed by atoms with E-state index in [1.54, 1.807) is 6.92 Å². The zero-order valence-electron chi connectivity index (χ0n) is 15.1. The van der Waals surface area contributed by atoms with Crippen molar-refractivity contribution in [3.05, 3.63) is 76.7 Å². The van der Waals surface area contributed by atoms with Crippen molar-refractivity contribution in [1.29, 1.82) is 0 Å². The second-order valence-corrected chi connectivity index (χ2v) is 6.42. The molecule has 1 heterocycles. The molecule has 0 saturated carbocycles. The Balaban J connectivity index is 2.24. The van der Waals surface area contributed by atoms with E-state index in [1.165, 1.54) is 42.3 Å². The number of hydrogen-bond acceptors (Lipinski definition) is 3. The Hall–Kier alpha value is -2.87. The van der Waals surface area contributed by atoms with Gasteiger partial charge in [0.15, 0.2) is 5.11 Å². The normalized spacial score (nSPS) is 16.8. The van der Waals surface area contributed by atoms with Gasteiger partial charge in [0.25, 0.3) is 0 Å². The van der Waals surface area contributed by atoms with E-state index in [-0.39, 0.29) is 16.2 Å². The Morgan fingerprint density at radius 2 is 1.75 bits per heavy atom. The van der Waals surface area contributed by atoms with Gasteiger partial charge in [-0.05, 0) is 55.0 Å². The molecule has 0 saturated heterocycles. The van der Waals surface area contributed by atoms with Crippen molar-refractivity contribution in [2.75, 3.05) is 12.0 Å². The number of carbonyl (C=O) groups is 1. The highest BCUT2D eigenvalue weighted by Crippen LogP contribution is 2.37. The van der Waals surface area contributed by atoms with E-state index in [0.29, 0.717) is 17.8 Å². The van der Waals surface area contributed by atoms with E-state index in [1.807, 2.05) is 0 Å². The highest BCUT2D eigenvalue weighted by molar-refractivity contribution is 7.80. The second kappa shape index (κ2) is 8.02. The first-order valence-corrected chi connectivity index (χ1v) is 8.91. The molecule has 0 aliphatic carbocycles. The summed E-state index contributed by atoms with van der Waals surface area (Å²) in [5, 5.41) is 2.96. The van der Waals surface area contributed by atoms with E-state index in [4.69, 9.17) is 17.0 Å². The summed E-state index contributed by atoms with van der Waals surface area (Å²) in [5.41, 5.74) is 0.626. The standard InChI is InChI=1S/C20H17F3N2O2S/c1-3-15-17(19(26)27-2)18(16-13(22)5-4-6-14(16)23)24-20(28)25(15)12-9-7-11(21)8-10-12/h4-10,18H,3H2,1-2H3,(H,24,28)/t18-/m1/s1. The van der Waals surface area contributed by atoms with Crippen molar-refractivity contribution in [1.82, 2.24) is 5.32 Å². The van der Waals surface area contributed by atoms with Gasteiger partial charge in [0.05, 0.1) is 24.3 Å². The highest BCUT2D eigenvalue weighted by Gasteiger charge is 2.38. The number of anilines is 1. The lowest BCUT2D eigenvalue weighted by molar-refractivity contribution is -0.136. The molecule has 1 N–H and O–H groups in total. The molecule has 1 aliphatic rings. The minimum atomic E-state index is -1.16. The molecule has 0 amide bonds. The van der Waals surface area contributed by atoms with E-state index >= 15 is 0 Å². The summed E-state index contributed by atoms with van der Waals surface area (Å²) in [6.07, 6.45) is 0.316. The fourth-order valence-corrected chi connectivity index (χ4v) is 3.56. The molecule has 1 aliphatic heterocycles. The van der Waals surface area contributed by atoms with Gasteiger partial charge < -0.3 is 10.1 Å². The van der Waals surface area contributed by atoms with Crippen LogP contribution in [-0.4, -0.2) is 18.2 Å². The van der Waals surface area contributed by atoms with Crippen LogP contribution in [0.3, 0.4) is 0 Å². The van der Waals surface area contributed by atoms with Crippen LogP contribution in [0.15, 0.2) is 53.7 Å². The predicted molar refractivity (Wildman–Crippen MR) is 103 cm³/mol. The average molecular weight is 406 g/mol. The van der Waals surface area contributed by atoms with Gasteiger partial charge in [0.1, 0.15) is 17.5 Å². The molecule has 146 valence electrons. The molecule has 1 atom stereocenters. The predicted octanol–water partition coefficient (Wildman–Crippen LogP) is 4.38. The summed E-state index contributed by atoms with van der Waals surface area (Å²) < 4.78 is 47.1. The number of hydrogen-bond donors (Lipinski definition) is 1. The Morgan fingerprint density at radius 3 is 2.29 bits per heavy atom. The van der Waals surface area contributed by atoms with Crippen LogP contribution < -0.4 is 10.2 Å². The fraction of sp³-hybridized carbons (Fsp3) is 0.200. The maximum absolute atomic E-state index is 14.4. The molecule has 0 aromatic heterocycles. The van der Waals surface area contributed by atoms with Gasteiger partial charge in [-0.25, -0.2) is 18.0 Å². The highest BCUT2D eigenvalue weighted by atomic mass is 32.1. The summed E-state index contributed by atoms with van der Waals surface area (Å²) in [5.74, 6) is -2.80. The third-order valence-electron chi connectivity index (χ3n) is 4.45. The van der Waals surface area contributed by atoms with Crippen molar-refractivity contribution in [2.24, 2.45) is 0 Å². The largest absolute Gasteiger partial charge is 0.466 e. The molecule has 0 spiro atoms. The van der Waals surface area contributed by atoms with Crippen LogP contribution in [0.5, 0.6) is 0 Å². The van der Waals surface area contributed by atoms with Crippen molar-refractivity contribution in [2.45, 2.75) is 19.4 Å². The van der Waals surface area contributed by atoms with Crippen LogP contribution in [0, 0.1) is 17.5 Å². The molecule has 0 radical (unpaired) electrons. The maximum atomic E-state index is 14.4. The molecule has 2 aromatic rings. The number of methoxy groups -OCH3 is 1. The molecule has 0 fully saturated rings. The number of nitrogens with zero attached hydrogens (tertiary/aromatic N) is 1. The van der Waals surface area contributed by atoms with E-state index in [9.17, 15) is 18.0 Å². The third-order valence-corrected chi connectivity index (χ3v) is 4.75. The number of ether oxygens (including phenoxy) is 1. The zero-order chi connectivity index (χ0) is 20.4. The fourth-order valence-electron chi connectivity index (χ4n) is 3.23. The van der Waals surface area contributed by atoms with Crippen LogP contribution in [0.25, 0.3) is 0 Å². The summed E-state index contributed by atoms with van der Waals surface area (Å²) in [6, 6.07) is 7.80. The summed E-state index contributed by atoms with van der Waals surface area (Å²) in [6.45, 7) is 1.78. The average Bonchev–Trinajstić information content (AvgIpc) is 2.67. The molecule has 2 aromatic carbocycles. The Morgan fingerprint density at radius 1 is 1.14 bits per heavy atom. The Labute approximate surface area is 165 Å². The van der Waals surface area contributed by atoms with Crippen molar-refractivity contribution >= 4 is 29.0 Å². The summed E-state index contributed by atoms with van der Waals surface area (Å²) >= 11 is 5.41. The smallest absolute Gasteiger partial charge is 0.338 e. The molecule has 0 unspecified atom stereocenters. The first-order valence-electron chi connectivity index (χ1n) is 8.50. The Bertz CT molecular complexity index is 940. The molecule has 8 heteroatoms. The number of esters is 1.